The zero-order valence-corrected chi connectivity index (χ0v) is 11.4. The van der Waals surface area contributed by atoms with Crippen LogP contribution in [0.3, 0.4) is 0 Å². The summed E-state index contributed by atoms with van der Waals surface area (Å²) in [6.07, 6.45) is 2.16. The summed E-state index contributed by atoms with van der Waals surface area (Å²) >= 11 is 0. The summed E-state index contributed by atoms with van der Waals surface area (Å²) in [7, 11) is 1.72. The zero-order chi connectivity index (χ0) is 14.0. The predicted molar refractivity (Wildman–Crippen MR) is 72.8 cm³/mol. The summed E-state index contributed by atoms with van der Waals surface area (Å²) < 4.78 is 14.4. The molecule has 0 fully saturated rings. The van der Waals surface area contributed by atoms with Crippen LogP contribution in [0.1, 0.15) is 36.7 Å². The Bertz CT molecular complexity index is 630. The quantitative estimate of drug-likeness (QED) is 0.850. The van der Waals surface area contributed by atoms with E-state index in [0.29, 0.717) is 17.8 Å². The average molecular weight is 260 g/mol. The lowest BCUT2D eigenvalue weighted by atomic mass is 10.1. The number of aromatic nitrogens is 2. The standard InChI is InChI=1S/C15H17FN2O/c1-10(2)13-9-17-14(18(3)15(13)19)8-11-4-6-12(16)7-5-11/h4-7,9-10H,8H2,1-3H3. The molecule has 2 aromatic rings. The molecule has 0 spiro atoms. The third-order valence-electron chi connectivity index (χ3n) is 3.19. The second kappa shape index (κ2) is 5.34. The lowest BCUT2D eigenvalue weighted by molar-refractivity contribution is 0.626. The molecule has 0 bridgehead atoms. The molecule has 19 heavy (non-hydrogen) atoms. The largest absolute Gasteiger partial charge is 0.299 e. The van der Waals surface area contributed by atoms with E-state index in [1.807, 2.05) is 13.8 Å². The Morgan fingerprint density at radius 3 is 2.47 bits per heavy atom. The van der Waals surface area contributed by atoms with Gasteiger partial charge in [0, 0.05) is 25.2 Å². The second-order valence-electron chi connectivity index (χ2n) is 4.95. The van der Waals surface area contributed by atoms with Gasteiger partial charge < -0.3 is 0 Å². The van der Waals surface area contributed by atoms with Crippen LogP contribution in [0.15, 0.2) is 35.3 Å². The van der Waals surface area contributed by atoms with Crippen LogP contribution in [0.25, 0.3) is 0 Å². The van der Waals surface area contributed by atoms with E-state index in [-0.39, 0.29) is 17.3 Å². The number of hydrogen-bond donors (Lipinski definition) is 0. The summed E-state index contributed by atoms with van der Waals surface area (Å²) in [5.41, 5.74) is 1.63. The van der Waals surface area contributed by atoms with Gasteiger partial charge in [-0.3, -0.25) is 9.36 Å². The van der Waals surface area contributed by atoms with Crippen molar-refractivity contribution >= 4 is 0 Å². The van der Waals surface area contributed by atoms with Crippen molar-refractivity contribution in [2.24, 2.45) is 7.05 Å². The number of benzene rings is 1. The topological polar surface area (TPSA) is 34.9 Å². The van der Waals surface area contributed by atoms with Gasteiger partial charge in [0.25, 0.3) is 5.56 Å². The molecule has 1 aromatic carbocycles. The second-order valence-corrected chi connectivity index (χ2v) is 4.95. The van der Waals surface area contributed by atoms with Gasteiger partial charge in [0.05, 0.1) is 0 Å². The van der Waals surface area contributed by atoms with Crippen molar-refractivity contribution in [1.82, 2.24) is 9.55 Å². The molecule has 0 amide bonds. The summed E-state index contributed by atoms with van der Waals surface area (Å²) in [6, 6.07) is 6.24. The fourth-order valence-corrected chi connectivity index (χ4v) is 1.94. The Morgan fingerprint density at radius 1 is 1.26 bits per heavy atom. The van der Waals surface area contributed by atoms with E-state index in [9.17, 15) is 9.18 Å². The van der Waals surface area contributed by atoms with Crippen LogP contribution in [-0.2, 0) is 13.5 Å². The predicted octanol–water partition coefficient (Wildman–Crippen LogP) is 2.63. The third-order valence-corrected chi connectivity index (χ3v) is 3.19. The molecule has 0 aliphatic carbocycles. The first-order valence-electron chi connectivity index (χ1n) is 6.28. The van der Waals surface area contributed by atoms with Gasteiger partial charge in [0.2, 0.25) is 0 Å². The molecule has 1 heterocycles. The third kappa shape index (κ3) is 2.89. The molecule has 0 atom stereocenters. The molecule has 0 saturated heterocycles. The smallest absolute Gasteiger partial charge is 0.256 e. The first-order chi connectivity index (χ1) is 8.99. The molecule has 0 radical (unpaired) electrons. The number of hydrogen-bond acceptors (Lipinski definition) is 2. The van der Waals surface area contributed by atoms with E-state index in [1.165, 1.54) is 12.1 Å². The highest BCUT2D eigenvalue weighted by atomic mass is 19.1. The normalized spacial score (nSPS) is 11.0. The van der Waals surface area contributed by atoms with Gasteiger partial charge in [0.15, 0.2) is 0 Å². The Hall–Kier alpha value is -1.97. The highest BCUT2D eigenvalue weighted by Crippen LogP contribution is 2.11. The molecule has 0 unspecified atom stereocenters. The first-order valence-corrected chi connectivity index (χ1v) is 6.28. The van der Waals surface area contributed by atoms with Crippen LogP contribution in [-0.4, -0.2) is 9.55 Å². The van der Waals surface area contributed by atoms with Crippen molar-refractivity contribution < 1.29 is 4.39 Å². The molecule has 0 aliphatic rings. The van der Waals surface area contributed by atoms with Gasteiger partial charge in [-0.2, -0.15) is 0 Å². The molecule has 0 saturated carbocycles. The molecule has 3 nitrogen and oxygen atoms in total. The molecule has 4 heteroatoms. The summed E-state index contributed by atoms with van der Waals surface area (Å²) in [4.78, 5) is 16.5. The van der Waals surface area contributed by atoms with Crippen molar-refractivity contribution in [3.05, 3.63) is 63.6 Å². The van der Waals surface area contributed by atoms with Crippen molar-refractivity contribution in [3.63, 3.8) is 0 Å². The van der Waals surface area contributed by atoms with E-state index in [2.05, 4.69) is 4.98 Å². The highest BCUT2D eigenvalue weighted by molar-refractivity contribution is 5.21. The number of halogens is 1. The Labute approximate surface area is 111 Å². The minimum atomic E-state index is -0.263. The molecule has 0 aliphatic heterocycles. The van der Waals surface area contributed by atoms with Crippen LogP contribution in [0.2, 0.25) is 0 Å². The van der Waals surface area contributed by atoms with Gasteiger partial charge in [0.1, 0.15) is 11.6 Å². The van der Waals surface area contributed by atoms with Crippen molar-refractivity contribution in [1.29, 1.82) is 0 Å². The monoisotopic (exact) mass is 260 g/mol. The van der Waals surface area contributed by atoms with Crippen molar-refractivity contribution in [2.75, 3.05) is 0 Å². The van der Waals surface area contributed by atoms with Crippen LogP contribution < -0.4 is 5.56 Å². The molecular weight excluding hydrogens is 243 g/mol. The van der Waals surface area contributed by atoms with E-state index in [0.717, 1.165) is 5.56 Å². The molecule has 2 rings (SSSR count). The first kappa shape index (κ1) is 13.5. The lowest BCUT2D eigenvalue weighted by Gasteiger charge is -2.11. The summed E-state index contributed by atoms with van der Waals surface area (Å²) in [6.45, 7) is 3.94. The summed E-state index contributed by atoms with van der Waals surface area (Å²) in [5, 5.41) is 0. The SMILES string of the molecule is CC(C)c1cnc(Cc2ccc(F)cc2)n(C)c1=O. The average Bonchev–Trinajstić information content (AvgIpc) is 2.37. The molecule has 100 valence electrons. The van der Waals surface area contributed by atoms with E-state index in [1.54, 1.807) is 29.9 Å². The fourth-order valence-electron chi connectivity index (χ4n) is 1.94. The van der Waals surface area contributed by atoms with Crippen molar-refractivity contribution in [2.45, 2.75) is 26.2 Å². The van der Waals surface area contributed by atoms with Crippen LogP contribution in [0.4, 0.5) is 4.39 Å². The molecular formula is C15H17FN2O. The Morgan fingerprint density at radius 2 is 1.89 bits per heavy atom. The van der Waals surface area contributed by atoms with Gasteiger partial charge in [-0.25, -0.2) is 9.37 Å². The Balaban J connectivity index is 2.34. The van der Waals surface area contributed by atoms with Crippen LogP contribution >= 0.6 is 0 Å². The van der Waals surface area contributed by atoms with Gasteiger partial charge in [-0.05, 0) is 23.6 Å². The Kier molecular flexibility index (Phi) is 3.79. The maximum absolute atomic E-state index is 12.8. The van der Waals surface area contributed by atoms with E-state index in [4.69, 9.17) is 0 Å². The fraction of sp³-hybridized carbons (Fsp3) is 0.333. The minimum Gasteiger partial charge on any atom is -0.299 e. The zero-order valence-electron chi connectivity index (χ0n) is 11.4. The summed E-state index contributed by atoms with van der Waals surface area (Å²) in [5.74, 6) is 0.577. The highest BCUT2D eigenvalue weighted by Gasteiger charge is 2.10. The molecule has 0 N–H and O–H groups in total. The van der Waals surface area contributed by atoms with Gasteiger partial charge in [-0.15, -0.1) is 0 Å². The van der Waals surface area contributed by atoms with Gasteiger partial charge in [-0.1, -0.05) is 26.0 Å². The lowest BCUT2D eigenvalue weighted by Crippen LogP contribution is -2.26. The van der Waals surface area contributed by atoms with Crippen LogP contribution in [0.5, 0.6) is 0 Å². The van der Waals surface area contributed by atoms with Crippen molar-refractivity contribution in [3.8, 4) is 0 Å². The maximum Gasteiger partial charge on any atom is 0.256 e. The van der Waals surface area contributed by atoms with E-state index >= 15 is 0 Å². The minimum absolute atomic E-state index is 0.0119. The van der Waals surface area contributed by atoms with E-state index < -0.39 is 0 Å². The molecule has 1 aromatic heterocycles. The van der Waals surface area contributed by atoms with Gasteiger partial charge >= 0.3 is 0 Å². The van der Waals surface area contributed by atoms with Crippen LogP contribution in [0, 0.1) is 5.82 Å². The maximum atomic E-state index is 12.8. The number of nitrogens with zero attached hydrogens (tertiary/aromatic N) is 2. The number of rotatable bonds is 3.